The number of hydrogen-bond donors (Lipinski definition) is 0. The molecule has 1 amide bonds. The zero-order valence-electron chi connectivity index (χ0n) is 11.3. The van der Waals surface area contributed by atoms with Crippen LogP contribution in [0.3, 0.4) is 0 Å². The van der Waals surface area contributed by atoms with Crippen molar-refractivity contribution in [2.24, 2.45) is 0 Å². The number of esters is 1. The summed E-state index contributed by atoms with van der Waals surface area (Å²) in [5.74, 6) is -0.568. The van der Waals surface area contributed by atoms with Crippen LogP contribution in [0, 0.1) is 10.1 Å². The van der Waals surface area contributed by atoms with Crippen molar-refractivity contribution in [2.45, 2.75) is 19.4 Å². The van der Waals surface area contributed by atoms with Gasteiger partial charge >= 0.3 is 11.7 Å². The van der Waals surface area contributed by atoms with Gasteiger partial charge in [0.15, 0.2) is 0 Å². The van der Waals surface area contributed by atoms with E-state index < -0.39 is 4.92 Å². The maximum absolute atomic E-state index is 11.8. The molecular weight excluding hydrogens is 268 g/mol. The maximum Gasteiger partial charge on any atom is 0.307 e. The summed E-state index contributed by atoms with van der Waals surface area (Å²) in [6, 6.07) is 0. The van der Waals surface area contributed by atoms with Gasteiger partial charge in [-0.15, -0.1) is 0 Å². The first kappa shape index (κ1) is 15.6. The molecule has 20 heavy (non-hydrogen) atoms. The largest absolute Gasteiger partial charge is 0.469 e. The molecular formula is C11H16N4O5. The molecule has 0 saturated carbocycles. The molecule has 0 N–H and O–H groups in total. The Balaban J connectivity index is 2.40. The minimum atomic E-state index is -0.575. The van der Waals surface area contributed by atoms with Gasteiger partial charge in [0.05, 0.1) is 12.0 Å². The van der Waals surface area contributed by atoms with Gasteiger partial charge in [-0.1, -0.05) is 0 Å². The molecule has 0 aliphatic rings. The Morgan fingerprint density at radius 3 is 2.80 bits per heavy atom. The van der Waals surface area contributed by atoms with Crippen molar-refractivity contribution < 1.29 is 19.2 Å². The van der Waals surface area contributed by atoms with E-state index in [2.05, 4.69) is 9.84 Å². The zero-order valence-corrected chi connectivity index (χ0v) is 11.3. The normalized spacial score (nSPS) is 10.1. The lowest BCUT2D eigenvalue weighted by Crippen LogP contribution is -2.31. The summed E-state index contributed by atoms with van der Waals surface area (Å²) in [4.78, 5) is 34.1. The first-order chi connectivity index (χ1) is 9.43. The van der Waals surface area contributed by atoms with Crippen LogP contribution in [0.1, 0.15) is 12.8 Å². The van der Waals surface area contributed by atoms with Crippen LogP contribution in [-0.4, -0.2) is 52.2 Å². The predicted octanol–water partition coefficient (Wildman–Crippen LogP) is 0.203. The number of aromatic nitrogens is 2. The number of amides is 1. The van der Waals surface area contributed by atoms with E-state index in [1.54, 1.807) is 7.05 Å². The van der Waals surface area contributed by atoms with Crippen molar-refractivity contribution in [1.29, 1.82) is 0 Å². The molecule has 0 bridgehead atoms. The van der Waals surface area contributed by atoms with Crippen molar-refractivity contribution in [3.05, 3.63) is 22.5 Å². The van der Waals surface area contributed by atoms with E-state index in [-0.39, 0.29) is 30.5 Å². The van der Waals surface area contributed by atoms with Crippen molar-refractivity contribution in [2.75, 3.05) is 20.7 Å². The van der Waals surface area contributed by atoms with Crippen LogP contribution in [0.25, 0.3) is 0 Å². The van der Waals surface area contributed by atoms with Crippen LogP contribution in [0.15, 0.2) is 12.4 Å². The number of hydrogen-bond acceptors (Lipinski definition) is 6. The van der Waals surface area contributed by atoms with Gasteiger partial charge in [-0.05, 0) is 6.42 Å². The molecule has 1 aromatic rings. The van der Waals surface area contributed by atoms with Gasteiger partial charge in [-0.25, -0.2) is 0 Å². The van der Waals surface area contributed by atoms with E-state index in [1.165, 1.54) is 22.9 Å². The van der Waals surface area contributed by atoms with E-state index in [9.17, 15) is 19.7 Å². The van der Waals surface area contributed by atoms with Gasteiger partial charge < -0.3 is 9.64 Å². The number of carbonyl (C=O) groups is 2. The molecule has 0 fully saturated rings. The lowest BCUT2D eigenvalue weighted by molar-refractivity contribution is -0.385. The Kier molecular flexibility index (Phi) is 5.63. The van der Waals surface area contributed by atoms with Gasteiger partial charge in [-0.3, -0.25) is 24.4 Å². The highest BCUT2D eigenvalue weighted by molar-refractivity contribution is 5.75. The van der Waals surface area contributed by atoms with Gasteiger partial charge in [0.1, 0.15) is 18.9 Å². The molecule has 0 aromatic carbocycles. The van der Waals surface area contributed by atoms with Gasteiger partial charge in [0.25, 0.3) is 0 Å². The third kappa shape index (κ3) is 4.67. The second-order valence-corrected chi connectivity index (χ2v) is 4.15. The van der Waals surface area contributed by atoms with Crippen LogP contribution in [0.4, 0.5) is 5.69 Å². The van der Waals surface area contributed by atoms with Crippen molar-refractivity contribution in [3.63, 3.8) is 0 Å². The van der Waals surface area contributed by atoms with Crippen molar-refractivity contribution in [3.8, 4) is 0 Å². The number of rotatable bonds is 7. The van der Waals surface area contributed by atoms with Crippen LogP contribution >= 0.6 is 0 Å². The number of methoxy groups -OCH3 is 1. The summed E-state index contributed by atoms with van der Waals surface area (Å²) in [5.41, 5.74) is -0.161. The van der Waals surface area contributed by atoms with E-state index in [0.717, 1.165) is 6.20 Å². The third-order valence-corrected chi connectivity index (χ3v) is 2.66. The molecule has 0 aliphatic heterocycles. The maximum atomic E-state index is 11.8. The number of nitro groups is 1. The summed E-state index contributed by atoms with van der Waals surface area (Å²) >= 11 is 0. The predicted molar refractivity (Wildman–Crippen MR) is 67.8 cm³/mol. The SMILES string of the molecule is COC(=O)CCCN(C)C(=O)Cn1cc([N+](=O)[O-])cn1. The Labute approximate surface area is 115 Å². The summed E-state index contributed by atoms with van der Waals surface area (Å²) in [7, 11) is 2.90. The highest BCUT2D eigenvalue weighted by atomic mass is 16.6. The second kappa shape index (κ2) is 7.22. The minimum absolute atomic E-state index is 0.0808. The fourth-order valence-corrected chi connectivity index (χ4v) is 1.48. The van der Waals surface area contributed by atoms with Crippen molar-refractivity contribution in [1.82, 2.24) is 14.7 Å². The number of nitrogens with zero attached hydrogens (tertiary/aromatic N) is 4. The van der Waals surface area contributed by atoms with Gasteiger partial charge in [-0.2, -0.15) is 5.10 Å². The average Bonchev–Trinajstić information content (AvgIpc) is 2.86. The minimum Gasteiger partial charge on any atom is -0.469 e. The summed E-state index contributed by atoms with van der Waals surface area (Å²) in [5, 5.41) is 14.2. The monoisotopic (exact) mass is 284 g/mol. The topological polar surface area (TPSA) is 108 Å². The molecule has 1 aromatic heterocycles. The fraction of sp³-hybridized carbons (Fsp3) is 0.545. The molecule has 0 radical (unpaired) electrons. The molecule has 9 heteroatoms. The summed E-state index contributed by atoms with van der Waals surface area (Å²) in [6.45, 7) is 0.319. The number of carbonyl (C=O) groups excluding carboxylic acids is 2. The van der Waals surface area contributed by atoms with E-state index in [0.29, 0.717) is 13.0 Å². The smallest absolute Gasteiger partial charge is 0.307 e. The van der Waals surface area contributed by atoms with Gasteiger partial charge in [0.2, 0.25) is 5.91 Å². The quantitative estimate of drug-likeness (QED) is 0.402. The standard InChI is InChI=1S/C11H16N4O5/c1-13(5-3-4-11(17)20-2)10(16)8-14-7-9(6-12-14)15(18)19/h6-7H,3-5,8H2,1-2H3. The highest BCUT2D eigenvalue weighted by Gasteiger charge is 2.14. The van der Waals surface area contributed by atoms with Gasteiger partial charge in [0, 0.05) is 20.0 Å². The lowest BCUT2D eigenvalue weighted by Gasteiger charge is -2.16. The van der Waals surface area contributed by atoms with Crippen LogP contribution in [0.2, 0.25) is 0 Å². The number of likely N-dealkylation sites (N-methyl/N-ethyl adjacent to an activating group) is 1. The van der Waals surface area contributed by atoms with E-state index in [4.69, 9.17) is 0 Å². The molecule has 0 aliphatic carbocycles. The Hall–Kier alpha value is -2.45. The van der Waals surface area contributed by atoms with Crippen LogP contribution in [0.5, 0.6) is 0 Å². The zero-order chi connectivity index (χ0) is 15.1. The molecule has 0 spiro atoms. The highest BCUT2D eigenvalue weighted by Crippen LogP contribution is 2.07. The molecule has 110 valence electrons. The first-order valence-corrected chi connectivity index (χ1v) is 5.91. The average molecular weight is 284 g/mol. The lowest BCUT2D eigenvalue weighted by atomic mass is 10.3. The third-order valence-electron chi connectivity index (χ3n) is 2.66. The van der Waals surface area contributed by atoms with E-state index >= 15 is 0 Å². The Bertz CT molecular complexity index is 499. The molecule has 1 heterocycles. The molecule has 0 saturated heterocycles. The van der Waals surface area contributed by atoms with Crippen LogP contribution in [-0.2, 0) is 20.9 Å². The Morgan fingerprint density at radius 1 is 1.55 bits per heavy atom. The van der Waals surface area contributed by atoms with Crippen molar-refractivity contribution >= 4 is 17.6 Å². The molecule has 0 atom stereocenters. The molecule has 0 unspecified atom stereocenters. The fourth-order valence-electron chi connectivity index (χ4n) is 1.48. The second-order valence-electron chi connectivity index (χ2n) is 4.15. The molecule has 1 rings (SSSR count). The summed E-state index contributed by atoms with van der Waals surface area (Å²) < 4.78 is 5.70. The van der Waals surface area contributed by atoms with Crippen LogP contribution < -0.4 is 0 Å². The van der Waals surface area contributed by atoms with E-state index in [1.807, 2.05) is 0 Å². The summed E-state index contributed by atoms with van der Waals surface area (Å²) in [6.07, 6.45) is 3.01. The Morgan fingerprint density at radius 2 is 2.25 bits per heavy atom. The molecule has 9 nitrogen and oxygen atoms in total. The number of ether oxygens (including phenoxy) is 1. The first-order valence-electron chi connectivity index (χ1n) is 5.91.